The summed E-state index contributed by atoms with van der Waals surface area (Å²) in [5, 5.41) is 14.9. The summed E-state index contributed by atoms with van der Waals surface area (Å²) in [4.78, 5) is 70.4. The second-order valence-corrected chi connectivity index (χ2v) is 16.8. The Hall–Kier alpha value is -5.18. The van der Waals surface area contributed by atoms with Crippen LogP contribution in [0.3, 0.4) is 0 Å². The Bertz CT molecular complexity index is 2170. The van der Waals surface area contributed by atoms with Crippen LogP contribution in [-0.4, -0.2) is 147 Å². The Balaban J connectivity index is 1.17. The molecule has 334 valence electrons. The number of likely N-dealkylation sites (N-methyl/N-ethyl adjacent to an activating group) is 1. The number of fused-ring (bicyclic) bond motifs is 1. The number of carboxylic acid groups (broad SMARTS) is 1. The summed E-state index contributed by atoms with van der Waals surface area (Å²) < 4.78 is 70.9. The lowest BCUT2D eigenvalue weighted by Crippen LogP contribution is -2.59. The van der Waals surface area contributed by atoms with Crippen molar-refractivity contribution in [2.24, 2.45) is 13.0 Å². The molecule has 5 amide bonds. The maximum atomic E-state index is 14.6. The third-order valence-electron chi connectivity index (χ3n) is 11.2. The van der Waals surface area contributed by atoms with E-state index in [0.717, 1.165) is 41.9 Å². The number of hydrogen-bond donors (Lipinski definition) is 3. The Morgan fingerprint density at radius 3 is 2.11 bits per heavy atom. The average molecular weight is 877 g/mol. The summed E-state index contributed by atoms with van der Waals surface area (Å²) in [6.07, 6.45) is 2.93. The number of rotatable bonds is 18. The van der Waals surface area contributed by atoms with Gasteiger partial charge in [0.25, 0.3) is 21.9 Å². The number of piperazine rings is 1. The van der Waals surface area contributed by atoms with Gasteiger partial charge in [-0.15, -0.1) is 0 Å². The zero-order chi connectivity index (χ0) is 44.4. The van der Waals surface area contributed by atoms with E-state index in [1.807, 2.05) is 6.92 Å². The zero-order valence-corrected chi connectivity index (χ0v) is 35.6. The molecule has 2 heterocycles. The molecule has 0 bridgehead atoms. The second-order valence-electron chi connectivity index (χ2n) is 15.2. The lowest BCUT2D eigenvalue weighted by molar-refractivity contribution is -0.140. The highest BCUT2D eigenvalue weighted by Gasteiger charge is 2.38. The van der Waals surface area contributed by atoms with Crippen molar-refractivity contribution in [3.05, 3.63) is 64.9 Å². The van der Waals surface area contributed by atoms with E-state index in [9.17, 15) is 46.3 Å². The van der Waals surface area contributed by atoms with Crippen molar-refractivity contribution in [1.29, 1.82) is 0 Å². The van der Waals surface area contributed by atoms with Gasteiger partial charge in [0.2, 0.25) is 11.8 Å². The first-order valence-corrected chi connectivity index (χ1v) is 21.6. The molecule has 2 aliphatic rings. The van der Waals surface area contributed by atoms with E-state index >= 15 is 0 Å². The van der Waals surface area contributed by atoms with Crippen LogP contribution in [0.1, 0.15) is 65.4 Å². The minimum atomic E-state index is -3.92. The number of carbonyl (C=O) groups is 5. The van der Waals surface area contributed by atoms with Crippen molar-refractivity contribution in [1.82, 2.24) is 29.9 Å². The molecule has 2 aromatic carbocycles. The SMILES string of the molecule is Cc1ccc(S(=O)(=O)OCCOCCOCCNC(=O)c2c(C(=O)N3CCN(C(=O)[C@@H](NC(=O)[C@H](C)N(C)C(=O)O)C4CCCCC4)CC3)n(C)c3cc(F)c(F)cc23)cc1. The summed E-state index contributed by atoms with van der Waals surface area (Å²) in [5.74, 6) is -4.76. The van der Waals surface area contributed by atoms with Crippen LogP contribution in [-0.2, 0) is 40.4 Å². The molecule has 1 aliphatic heterocycles. The molecule has 0 radical (unpaired) electrons. The monoisotopic (exact) mass is 876 g/mol. The van der Waals surface area contributed by atoms with Crippen LogP contribution >= 0.6 is 0 Å². The lowest BCUT2D eigenvalue weighted by Gasteiger charge is -2.39. The van der Waals surface area contributed by atoms with Crippen LogP contribution in [0.2, 0.25) is 0 Å². The van der Waals surface area contributed by atoms with Crippen LogP contribution < -0.4 is 10.6 Å². The fourth-order valence-electron chi connectivity index (χ4n) is 7.47. The van der Waals surface area contributed by atoms with Gasteiger partial charge in [-0.3, -0.25) is 28.3 Å². The van der Waals surface area contributed by atoms with Gasteiger partial charge in [0, 0.05) is 58.3 Å². The highest BCUT2D eigenvalue weighted by molar-refractivity contribution is 7.86. The van der Waals surface area contributed by atoms with Crippen molar-refractivity contribution in [2.75, 3.05) is 72.8 Å². The molecule has 0 spiro atoms. The number of halogens is 2. The van der Waals surface area contributed by atoms with E-state index < -0.39 is 57.7 Å². The minimum absolute atomic E-state index is 0.0156. The van der Waals surface area contributed by atoms with E-state index in [2.05, 4.69) is 10.6 Å². The fourth-order valence-corrected chi connectivity index (χ4v) is 8.37. The molecule has 3 aromatic rings. The van der Waals surface area contributed by atoms with Crippen molar-refractivity contribution in [3.8, 4) is 0 Å². The van der Waals surface area contributed by atoms with Crippen LogP contribution in [0.4, 0.5) is 13.6 Å². The predicted octanol–water partition coefficient (Wildman–Crippen LogP) is 3.28. The Morgan fingerprint density at radius 2 is 1.48 bits per heavy atom. The van der Waals surface area contributed by atoms with E-state index in [4.69, 9.17) is 13.7 Å². The first-order chi connectivity index (χ1) is 29.0. The van der Waals surface area contributed by atoms with Crippen LogP contribution in [0.25, 0.3) is 10.9 Å². The van der Waals surface area contributed by atoms with Gasteiger partial charge >= 0.3 is 6.09 Å². The Kier molecular flexibility index (Phi) is 16.2. The van der Waals surface area contributed by atoms with Gasteiger partial charge in [0.1, 0.15) is 17.8 Å². The highest BCUT2D eigenvalue weighted by atomic mass is 32.2. The van der Waals surface area contributed by atoms with Crippen molar-refractivity contribution in [2.45, 2.75) is 62.9 Å². The summed E-state index contributed by atoms with van der Waals surface area (Å²) in [7, 11) is -1.18. The number of benzene rings is 2. The molecule has 20 heteroatoms. The van der Waals surface area contributed by atoms with Crippen molar-refractivity contribution >= 4 is 50.7 Å². The fraction of sp³-hybridized carbons (Fsp3) is 0.537. The molecule has 5 rings (SSSR count). The molecule has 2 fully saturated rings. The zero-order valence-electron chi connectivity index (χ0n) is 34.8. The van der Waals surface area contributed by atoms with Gasteiger partial charge in [-0.2, -0.15) is 8.42 Å². The quantitative estimate of drug-likeness (QED) is 0.125. The Labute approximate surface area is 353 Å². The third-order valence-corrected chi connectivity index (χ3v) is 12.5. The number of nitrogens with one attached hydrogen (secondary N) is 2. The molecule has 61 heavy (non-hydrogen) atoms. The first-order valence-electron chi connectivity index (χ1n) is 20.2. The summed E-state index contributed by atoms with van der Waals surface area (Å²) >= 11 is 0. The molecule has 3 N–H and O–H groups in total. The molecule has 1 aromatic heterocycles. The third kappa shape index (κ3) is 11.6. The number of aromatic nitrogens is 1. The molecule has 2 atom stereocenters. The highest BCUT2D eigenvalue weighted by Crippen LogP contribution is 2.30. The molecule has 0 unspecified atom stereocenters. The van der Waals surface area contributed by atoms with E-state index in [1.54, 1.807) is 17.0 Å². The predicted molar refractivity (Wildman–Crippen MR) is 217 cm³/mol. The minimum Gasteiger partial charge on any atom is -0.465 e. The van der Waals surface area contributed by atoms with Gasteiger partial charge in [0.15, 0.2) is 11.6 Å². The summed E-state index contributed by atoms with van der Waals surface area (Å²) in [6.45, 7) is 3.60. The van der Waals surface area contributed by atoms with E-state index in [0.29, 0.717) is 12.8 Å². The number of carbonyl (C=O) groups excluding carboxylic acids is 4. The number of hydrogen-bond acceptors (Lipinski definition) is 10. The molecule has 1 saturated carbocycles. The Morgan fingerprint density at radius 1 is 0.885 bits per heavy atom. The maximum absolute atomic E-state index is 14.6. The molecular formula is C41H54F2N6O11S. The van der Waals surface area contributed by atoms with E-state index in [-0.39, 0.29) is 105 Å². The molecule has 17 nitrogen and oxygen atoms in total. The molecule has 1 saturated heterocycles. The number of ether oxygens (including phenoxy) is 2. The van der Waals surface area contributed by atoms with Crippen molar-refractivity contribution < 1.29 is 59.9 Å². The molecule has 1 aliphatic carbocycles. The molecular weight excluding hydrogens is 823 g/mol. The normalized spacial score (nSPS) is 16.0. The summed E-state index contributed by atoms with van der Waals surface area (Å²) in [5.41, 5.74) is 0.748. The topological polar surface area (TPSA) is 206 Å². The van der Waals surface area contributed by atoms with Gasteiger partial charge < -0.3 is 39.6 Å². The van der Waals surface area contributed by atoms with Gasteiger partial charge in [-0.05, 0) is 50.8 Å². The van der Waals surface area contributed by atoms with Crippen molar-refractivity contribution in [3.63, 3.8) is 0 Å². The standard InChI is InChI=1S/C41H54F2N6O11S/c1-26-10-12-29(13-11-26)61(56,57)60-23-22-59-21-20-58-19-14-44-38(51)34-30-24-31(42)32(43)25-33(30)47(4)36(34)40(53)49-17-15-48(16-18-49)39(52)35(28-8-6-5-7-9-28)45-37(50)27(2)46(3)41(54)55/h10-13,24-25,27-28,35H,5-9,14-23H2,1-4H3,(H,44,51)(H,45,50)(H,54,55)/t27-,35-/m0/s1. The smallest absolute Gasteiger partial charge is 0.407 e. The maximum Gasteiger partial charge on any atom is 0.407 e. The second kappa shape index (κ2) is 21.1. The van der Waals surface area contributed by atoms with Crippen LogP contribution in [0.15, 0.2) is 41.3 Å². The lowest BCUT2D eigenvalue weighted by atomic mass is 9.83. The number of nitrogens with zero attached hydrogens (tertiary/aromatic N) is 4. The van der Waals surface area contributed by atoms with E-state index in [1.165, 1.54) is 42.6 Å². The van der Waals surface area contributed by atoms with Gasteiger partial charge in [-0.25, -0.2) is 13.6 Å². The largest absolute Gasteiger partial charge is 0.465 e. The van der Waals surface area contributed by atoms with Crippen LogP contribution in [0, 0.1) is 24.5 Å². The van der Waals surface area contributed by atoms with Gasteiger partial charge in [0.05, 0.1) is 49.0 Å². The number of amides is 5. The first kappa shape index (κ1) is 46.9. The van der Waals surface area contributed by atoms with Gasteiger partial charge in [-0.1, -0.05) is 37.0 Å². The average Bonchev–Trinajstić information content (AvgIpc) is 3.52. The van der Waals surface area contributed by atoms with Crippen LogP contribution in [0.5, 0.6) is 0 Å². The summed E-state index contributed by atoms with van der Waals surface area (Å²) in [6, 6.07) is 6.10. The number of aryl methyl sites for hydroxylation is 2.